The fourth-order valence-electron chi connectivity index (χ4n) is 2.14. The van der Waals surface area contributed by atoms with Crippen LogP contribution < -0.4 is 15.4 Å². The van der Waals surface area contributed by atoms with E-state index in [-0.39, 0.29) is 18.5 Å². The fourth-order valence-corrected chi connectivity index (χ4v) is 2.14. The molecule has 118 valence electrons. The first kappa shape index (κ1) is 16.0. The Kier molecular flexibility index (Phi) is 5.55. The van der Waals surface area contributed by atoms with Gasteiger partial charge in [-0.3, -0.25) is 9.89 Å². The van der Waals surface area contributed by atoms with Crippen molar-refractivity contribution in [3.05, 3.63) is 36.0 Å². The largest absolute Gasteiger partial charge is 0.497 e. The molecule has 6 nitrogen and oxygen atoms in total. The SMILES string of the molecule is COc1ccc(-c2[nH]ncc2CNCC(=O)NC(C)C)cc1. The summed E-state index contributed by atoms with van der Waals surface area (Å²) in [5.41, 5.74) is 2.99. The smallest absolute Gasteiger partial charge is 0.234 e. The molecule has 1 heterocycles. The summed E-state index contributed by atoms with van der Waals surface area (Å²) in [7, 11) is 1.64. The van der Waals surface area contributed by atoms with Crippen molar-refractivity contribution < 1.29 is 9.53 Å². The van der Waals surface area contributed by atoms with E-state index < -0.39 is 0 Å². The Morgan fingerprint density at radius 2 is 2.05 bits per heavy atom. The molecule has 1 amide bonds. The number of carbonyl (C=O) groups is 1. The van der Waals surface area contributed by atoms with Gasteiger partial charge in [-0.05, 0) is 38.1 Å². The third-order valence-corrected chi connectivity index (χ3v) is 3.15. The standard InChI is InChI=1S/C16H22N4O2/c1-11(2)19-15(21)10-17-8-13-9-18-20-16(13)12-4-6-14(22-3)7-5-12/h4-7,9,11,17H,8,10H2,1-3H3,(H,18,20)(H,19,21). The van der Waals surface area contributed by atoms with E-state index in [0.29, 0.717) is 6.54 Å². The van der Waals surface area contributed by atoms with Crippen molar-refractivity contribution in [3.63, 3.8) is 0 Å². The van der Waals surface area contributed by atoms with Crippen LogP contribution in [0, 0.1) is 0 Å². The van der Waals surface area contributed by atoms with Crippen molar-refractivity contribution >= 4 is 5.91 Å². The zero-order valence-corrected chi connectivity index (χ0v) is 13.1. The van der Waals surface area contributed by atoms with E-state index in [0.717, 1.165) is 22.6 Å². The number of nitrogens with zero attached hydrogens (tertiary/aromatic N) is 1. The summed E-state index contributed by atoms with van der Waals surface area (Å²) in [6, 6.07) is 7.91. The Hall–Kier alpha value is -2.34. The summed E-state index contributed by atoms with van der Waals surface area (Å²) in [4.78, 5) is 11.6. The van der Waals surface area contributed by atoms with Crippen LogP contribution in [0.5, 0.6) is 5.75 Å². The topological polar surface area (TPSA) is 79.0 Å². The lowest BCUT2D eigenvalue weighted by Crippen LogP contribution is -2.37. The summed E-state index contributed by atoms with van der Waals surface area (Å²) in [5, 5.41) is 13.1. The van der Waals surface area contributed by atoms with Crippen LogP contribution in [0.3, 0.4) is 0 Å². The van der Waals surface area contributed by atoms with Crippen LogP contribution >= 0.6 is 0 Å². The minimum atomic E-state index is -0.00973. The van der Waals surface area contributed by atoms with E-state index in [2.05, 4.69) is 20.8 Å². The van der Waals surface area contributed by atoms with Gasteiger partial charge in [0.2, 0.25) is 5.91 Å². The van der Waals surface area contributed by atoms with Crippen LogP contribution in [-0.2, 0) is 11.3 Å². The molecule has 0 saturated heterocycles. The van der Waals surface area contributed by atoms with Gasteiger partial charge in [0.25, 0.3) is 0 Å². The van der Waals surface area contributed by atoms with Gasteiger partial charge in [0, 0.05) is 23.7 Å². The molecule has 1 aromatic carbocycles. The van der Waals surface area contributed by atoms with E-state index in [9.17, 15) is 4.79 Å². The van der Waals surface area contributed by atoms with Crippen molar-refractivity contribution in [2.24, 2.45) is 0 Å². The van der Waals surface area contributed by atoms with Crippen molar-refractivity contribution in [2.75, 3.05) is 13.7 Å². The lowest BCUT2D eigenvalue weighted by Gasteiger charge is -2.09. The fraction of sp³-hybridized carbons (Fsp3) is 0.375. The monoisotopic (exact) mass is 302 g/mol. The average Bonchev–Trinajstić information content (AvgIpc) is 2.95. The molecular weight excluding hydrogens is 280 g/mol. The number of hydrogen-bond donors (Lipinski definition) is 3. The van der Waals surface area contributed by atoms with Gasteiger partial charge in [-0.2, -0.15) is 5.10 Å². The maximum Gasteiger partial charge on any atom is 0.234 e. The highest BCUT2D eigenvalue weighted by atomic mass is 16.5. The second-order valence-corrected chi connectivity index (χ2v) is 5.32. The molecule has 2 rings (SSSR count). The number of hydrogen-bond acceptors (Lipinski definition) is 4. The minimum Gasteiger partial charge on any atom is -0.497 e. The van der Waals surface area contributed by atoms with E-state index in [1.165, 1.54) is 0 Å². The lowest BCUT2D eigenvalue weighted by molar-refractivity contribution is -0.120. The van der Waals surface area contributed by atoms with Gasteiger partial charge in [-0.25, -0.2) is 0 Å². The number of H-pyrrole nitrogens is 1. The van der Waals surface area contributed by atoms with Crippen molar-refractivity contribution in [3.8, 4) is 17.0 Å². The zero-order valence-electron chi connectivity index (χ0n) is 13.1. The van der Waals surface area contributed by atoms with Gasteiger partial charge < -0.3 is 15.4 Å². The molecule has 0 bridgehead atoms. The third-order valence-electron chi connectivity index (χ3n) is 3.15. The number of carbonyl (C=O) groups excluding carboxylic acids is 1. The van der Waals surface area contributed by atoms with Crippen LogP contribution in [-0.4, -0.2) is 35.8 Å². The van der Waals surface area contributed by atoms with E-state index >= 15 is 0 Å². The summed E-state index contributed by atoms with van der Waals surface area (Å²) in [6.45, 7) is 4.74. The Morgan fingerprint density at radius 3 is 2.68 bits per heavy atom. The second-order valence-electron chi connectivity index (χ2n) is 5.32. The first-order valence-corrected chi connectivity index (χ1v) is 7.27. The van der Waals surface area contributed by atoms with Crippen molar-refractivity contribution in [1.29, 1.82) is 0 Å². The van der Waals surface area contributed by atoms with Crippen LogP contribution in [0.25, 0.3) is 11.3 Å². The lowest BCUT2D eigenvalue weighted by atomic mass is 10.1. The Bertz CT molecular complexity index is 605. The molecule has 0 aliphatic carbocycles. The molecule has 0 atom stereocenters. The van der Waals surface area contributed by atoms with Crippen molar-refractivity contribution in [1.82, 2.24) is 20.8 Å². The van der Waals surface area contributed by atoms with Crippen molar-refractivity contribution in [2.45, 2.75) is 26.4 Å². The number of nitrogens with one attached hydrogen (secondary N) is 3. The van der Waals surface area contributed by atoms with Crippen LogP contribution in [0.2, 0.25) is 0 Å². The first-order valence-electron chi connectivity index (χ1n) is 7.27. The molecule has 0 spiro atoms. The summed E-state index contributed by atoms with van der Waals surface area (Å²) in [6.07, 6.45) is 1.77. The average molecular weight is 302 g/mol. The van der Waals surface area contributed by atoms with Crippen LogP contribution in [0.15, 0.2) is 30.5 Å². The quantitative estimate of drug-likeness (QED) is 0.727. The normalized spacial score (nSPS) is 10.7. The molecule has 0 saturated carbocycles. The van der Waals surface area contributed by atoms with E-state index in [4.69, 9.17) is 4.74 Å². The van der Waals surface area contributed by atoms with Gasteiger partial charge in [-0.1, -0.05) is 0 Å². The Morgan fingerprint density at radius 1 is 1.32 bits per heavy atom. The molecule has 0 radical (unpaired) electrons. The minimum absolute atomic E-state index is 0.00973. The number of rotatable bonds is 7. The van der Waals surface area contributed by atoms with E-state index in [1.54, 1.807) is 13.3 Å². The highest BCUT2D eigenvalue weighted by molar-refractivity contribution is 5.78. The maximum absolute atomic E-state index is 11.6. The number of ether oxygens (including phenoxy) is 1. The number of amides is 1. The highest BCUT2D eigenvalue weighted by Gasteiger charge is 2.09. The van der Waals surface area contributed by atoms with Gasteiger partial charge >= 0.3 is 0 Å². The predicted octanol–water partition coefficient (Wildman–Crippen LogP) is 1.70. The predicted molar refractivity (Wildman–Crippen MR) is 85.6 cm³/mol. The van der Waals surface area contributed by atoms with E-state index in [1.807, 2.05) is 38.1 Å². The maximum atomic E-state index is 11.6. The summed E-state index contributed by atoms with van der Waals surface area (Å²) < 4.78 is 5.16. The molecule has 22 heavy (non-hydrogen) atoms. The van der Waals surface area contributed by atoms with Gasteiger partial charge in [0.15, 0.2) is 0 Å². The second kappa shape index (κ2) is 7.61. The summed E-state index contributed by atoms with van der Waals surface area (Å²) >= 11 is 0. The molecule has 1 aromatic heterocycles. The number of benzene rings is 1. The van der Waals surface area contributed by atoms with Gasteiger partial charge in [0.05, 0.1) is 25.5 Å². The first-order chi connectivity index (χ1) is 10.6. The van der Waals surface area contributed by atoms with Gasteiger partial charge in [0.1, 0.15) is 5.75 Å². The molecule has 0 unspecified atom stereocenters. The molecule has 6 heteroatoms. The molecule has 2 aromatic rings. The highest BCUT2D eigenvalue weighted by Crippen LogP contribution is 2.23. The third kappa shape index (κ3) is 4.33. The Balaban J connectivity index is 1.96. The Labute approximate surface area is 130 Å². The molecule has 0 fully saturated rings. The summed E-state index contributed by atoms with van der Waals surface area (Å²) in [5.74, 6) is 0.804. The molecular formula is C16H22N4O2. The van der Waals surface area contributed by atoms with Gasteiger partial charge in [-0.15, -0.1) is 0 Å². The van der Waals surface area contributed by atoms with Crippen LogP contribution in [0.4, 0.5) is 0 Å². The number of aromatic amines is 1. The molecule has 0 aliphatic heterocycles. The van der Waals surface area contributed by atoms with Crippen LogP contribution in [0.1, 0.15) is 19.4 Å². The number of methoxy groups -OCH3 is 1. The molecule has 3 N–H and O–H groups in total. The molecule has 0 aliphatic rings. The number of aromatic nitrogens is 2. The zero-order chi connectivity index (χ0) is 15.9.